The number of carbonyl (C=O) groups excluding carboxylic acids is 4. The van der Waals surface area contributed by atoms with Gasteiger partial charge in [0.15, 0.2) is 0 Å². The quantitative estimate of drug-likeness (QED) is 0.0525. The molecule has 0 spiro atoms. The van der Waals surface area contributed by atoms with E-state index >= 15 is 19.2 Å². The summed E-state index contributed by atoms with van der Waals surface area (Å²) >= 11 is 0. The van der Waals surface area contributed by atoms with E-state index < -0.39 is 92.6 Å². The van der Waals surface area contributed by atoms with Crippen LogP contribution in [0.3, 0.4) is 0 Å². The fraction of sp³-hybridized carbons (Fsp3) is 0.537. The minimum atomic E-state index is -0.792. The van der Waals surface area contributed by atoms with Gasteiger partial charge in [-0.2, -0.15) is 0 Å². The van der Waals surface area contributed by atoms with Crippen molar-refractivity contribution in [1.29, 1.82) is 0 Å². The van der Waals surface area contributed by atoms with Crippen molar-refractivity contribution < 1.29 is 57.5 Å². The van der Waals surface area contributed by atoms with Crippen LogP contribution >= 0.6 is 0 Å². The Morgan fingerprint density at radius 3 is 0.704 bits per heavy atom. The summed E-state index contributed by atoms with van der Waals surface area (Å²) in [7, 11) is 0. The Bertz CT molecular complexity index is 3560. The van der Waals surface area contributed by atoms with E-state index in [4.69, 9.17) is 38.3 Å². The largest absolute Gasteiger partial charge is 0.459 e. The normalized spacial score (nSPS) is 27.3. The monoisotopic (exact) mass is 1340 g/mol. The number of ether oxygens (including phenoxy) is 4. The molecule has 8 atom stereocenters. The molecule has 4 heterocycles. The van der Waals surface area contributed by atoms with Crippen LogP contribution in [0.1, 0.15) is 231 Å². The molecule has 0 radical (unpaired) electrons. The highest BCUT2D eigenvalue weighted by molar-refractivity contribution is 6.19. The smallest absolute Gasteiger partial charge is 0.339 e. The van der Waals surface area contributed by atoms with E-state index in [1.54, 1.807) is 12.1 Å². The average Bonchev–Trinajstić information content (AvgIpc) is 0.730. The number of piperidine rings is 4. The minimum absolute atomic E-state index is 0.0140. The second-order valence-electron chi connectivity index (χ2n) is 32.9. The lowest BCUT2D eigenvalue weighted by atomic mass is 9.73. The van der Waals surface area contributed by atoms with Gasteiger partial charge in [-0.15, -0.1) is 20.3 Å². The predicted octanol–water partition coefficient (Wildman–Crippen LogP) is 18.1. The van der Waals surface area contributed by atoms with Crippen molar-refractivity contribution in [3.63, 3.8) is 0 Å². The molecular weight excluding hydrogens is 1230 g/mol. The van der Waals surface area contributed by atoms with E-state index in [1.165, 1.54) is 12.1 Å². The van der Waals surface area contributed by atoms with Gasteiger partial charge in [-0.1, -0.05) is 140 Å². The van der Waals surface area contributed by atoms with Crippen LogP contribution in [0.5, 0.6) is 23.0 Å². The Morgan fingerprint density at radius 2 is 0.500 bits per heavy atom. The van der Waals surface area contributed by atoms with Gasteiger partial charge in [0.05, 0.1) is 66.6 Å². The number of fused-ring (bicyclic) bond motifs is 1. The molecule has 8 unspecified atom stereocenters. The van der Waals surface area contributed by atoms with E-state index in [1.807, 2.05) is 142 Å². The molecule has 6 aromatic rings. The highest BCUT2D eigenvalue weighted by atomic mass is 16.7. The van der Waals surface area contributed by atoms with Crippen LogP contribution in [-0.4, -0.2) is 113 Å². The molecule has 10 rings (SSSR count). The second kappa shape index (κ2) is 27.9. The molecule has 4 saturated heterocycles. The molecule has 0 amide bonds. The zero-order chi connectivity index (χ0) is 71.3. The molecular formula is C82H108N4O12. The van der Waals surface area contributed by atoms with Crippen LogP contribution in [0.2, 0.25) is 0 Å². The number of hydrogen-bond donors (Lipinski definition) is 0. The molecule has 16 nitrogen and oxygen atoms in total. The van der Waals surface area contributed by atoms with Gasteiger partial charge in [0.25, 0.3) is 0 Å². The molecule has 0 saturated carbocycles. The zero-order valence-electron chi connectivity index (χ0n) is 61.8. The first-order chi connectivity index (χ1) is 45.9. The molecule has 4 aliphatic rings. The maximum absolute atomic E-state index is 16.1. The van der Waals surface area contributed by atoms with Crippen LogP contribution in [-0.2, 0) is 18.9 Å². The molecule has 0 bridgehead atoms. The summed E-state index contributed by atoms with van der Waals surface area (Å²) in [6, 6.07) is 45.0. The Balaban J connectivity index is 1.08. The molecule has 0 N–H and O–H groups in total. The summed E-state index contributed by atoms with van der Waals surface area (Å²) < 4.78 is 27.2. The lowest BCUT2D eigenvalue weighted by Gasteiger charge is -2.56. The lowest BCUT2D eigenvalue weighted by Crippen LogP contribution is -2.66. The van der Waals surface area contributed by atoms with E-state index in [9.17, 15) is 0 Å². The number of hydrogen-bond acceptors (Lipinski definition) is 16. The van der Waals surface area contributed by atoms with E-state index in [-0.39, 0.29) is 56.7 Å². The van der Waals surface area contributed by atoms with Crippen molar-refractivity contribution in [2.45, 2.75) is 259 Å². The lowest BCUT2D eigenvalue weighted by molar-refractivity contribution is -0.252. The van der Waals surface area contributed by atoms with Gasteiger partial charge in [0.1, 0.15) is 47.4 Å². The SMILES string of the molecule is CC(C)C1(C)CC(OC(=O)c2ccc3c(C(=O)OC4CC(C)(C)N(Oc5ccccc5)C(C)(C(C)C)C4)c(C(=O)OC4CC(C)(C)N(Oc5ccccc5)C(C)(C(C)C)C4)ccc3c2C(=O)OC2CC(C)(C)N(Oc3ccccc3)C(C)(C(C)C)C2)CC(C)(C)N1Oc1ccccc1. The third-order valence-corrected chi connectivity index (χ3v) is 22.4. The van der Waals surface area contributed by atoms with Crippen LogP contribution < -0.4 is 19.4 Å². The summed E-state index contributed by atoms with van der Waals surface area (Å²) in [6.45, 7) is 42.2. The summed E-state index contributed by atoms with van der Waals surface area (Å²) in [5.41, 5.74) is -5.59. The number of para-hydroxylation sites is 4. The molecule has 4 fully saturated rings. The molecule has 0 aromatic heterocycles. The van der Waals surface area contributed by atoms with Crippen molar-refractivity contribution >= 4 is 34.6 Å². The Labute approximate surface area is 582 Å². The first-order valence-electron chi connectivity index (χ1n) is 35.5. The number of nitrogens with zero attached hydrogens (tertiary/aromatic N) is 4. The first kappa shape index (κ1) is 73.2. The van der Waals surface area contributed by atoms with Gasteiger partial charge < -0.3 is 38.3 Å². The Hall–Kier alpha value is -7.50. The Kier molecular flexibility index (Phi) is 20.8. The summed E-state index contributed by atoms with van der Waals surface area (Å²) in [4.78, 5) is 90.3. The number of carbonyl (C=O) groups is 4. The number of esters is 4. The fourth-order valence-electron chi connectivity index (χ4n) is 16.3. The molecule has 0 aliphatic carbocycles. The third-order valence-electron chi connectivity index (χ3n) is 22.4. The number of benzene rings is 6. The molecule has 6 aromatic carbocycles. The number of hydroxylamine groups is 8. The standard InChI is InChI=1S/C82H108N4O12/c1-53(2)79(17)49-61(45-75(9,10)83(79)95-57-33-25-21-26-34-57)91-71(87)67-43-41-66-65(69(67)73(89)93-63-47-77(13,14)85(81(19,51-63)55(5)6)97-59-37-29-23-30-38-59)42-44-68(72(88)92-62-46-76(11,12)84(80(18,50-62)54(3)4)96-58-35-27-22-28-36-58)70(66)74(90)94-64-48-78(15,16)86(82(20,52-64)56(7)8)98-60-39-31-24-32-40-60/h21-44,53-56,61-64H,45-52H2,1-20H3. The van der Waals surface area contributed by atoms with Gasteiger partial charge in [-0.25, -0.2) is 19.2 Å². The average molecular weight is 1340 g/mol. The highest BCUT2D eigenvalue weighted by Gasteiger charge is 2.57. The molecule has 98 heavy (non-hydrogen) atoms. The highest BCUT2D eigenvalue weighted by Crippen LogP contribution is 2.50. The predicted molar refractivity (Wildman–Crippen MR) is 383 cm³/mol. The van der Waals surface area contributed by atoms with Crippen molar-refractivity contribution in [2.24, 2.45) is 23.7 Å². The Morgan fingerprint density at radius 1 is 0.296 bits per heavy atom. The van der Waals surface area contributed by atoms with Crippen LogP contribution in [0, 0.1) is 23.7 Å². The minimum Gasteiger partial charge on any atom is -0.459 e. The fourth-order valence-corrected chi connectivity index (χ4v) is 16.3. The van der Waals surface area contributed by atoms with Crippen molar-refractivity contribution in [3.8, 4) is 23.0 Å². The second-order valence-corrected chi connectivity index (χ2v) is 32.9. The van der Waals surface area contributed by atoms with Crippen LogP contribution in [0.4, 0.5) is 0 Å². The van der Waals surface area contributed by atoms with E-state index in [2.05, 4.69) is 138 Å². The van der Waals surface area contributed by atoms with E-state index in [0.717, 1.165) is 0 Å². The van der Waals surface area contributed by atoms with Gasteiger partial charge in [-0.05, 0) is 178 Å². The van der Waals surface area contributed by atoms with Gasteiger partial charge in [-0.3, -0.25) is 0 Å². The van der Waals surface area contributed by atoms with Crippen LogP contribution in [0.25, 0.3) is 10.8 Å². The summed E-state index contributed by atoms with van der Waals surface area (Å²) in [5.74, 6) is -0.215. The molecule has 16 heteroatoms. The third kappa shape index (κ3) is 14.7. The molecule has 4 aliphatic heterocycles. The maximum atomic E-state index is 16.1. The van der Waals surface area contributed by atoms with E-state index in [0.29, 0.717) is 74.4 Å². The van der Waals surface area contributed by atoms with Crippen molar-refractivity contribution in [3.05, 3.63) is 168 Å². The zero-order valence-corrected chi connectivity index (χ0v) is 61.8. The van der Waals surface area contributed by atoms with Gasteiger partial charge in [0.2, 0.25) is 0 Å². The van der Waals surface area contributed by atoms with Crippen molar-refractivity contribution in [2.75, 3.05) is 0 Å². The topological polar surface area (TPSA) is 155 Å². The van der Waals surface area contributed by atoms with Crippen LogP contribution in [0.15, 0.2) is 146 Å². The maximum Gasteiger partial charge on any atom is 0.339 e. The number of rotatable bonds is 20. The van der Waals surface area contributed by atoms with Gasteiger partial charge >= 0.3 is 23.9 Å². The van der Waals surface area contributed by atoms with Crippen molar-refractivity contribution in [1.82, 2.24) is 20.3 Å². The van der Waals surface area contributed by atoms with Gasteiger partial charge in [0, 0.05) is 51.4 Å². The summed E-state index contributed by atoms with van der Waals surface area (Å²) in [6.07, 6.45) is 0.465. The molecule has 528 valence electrons. The first-order valence-corrected chi connectivity index (χ1v) is 35.5. The summed E-state index contributed by atoms with van der Waals surface area (Å²) in [5, 5.41) is 8.58.